The quantitative estimate of drug-likeness (QED) is 0.340. The highest BCUT2D eigenvalue weighted by Crippen LogP contribution is 2.46. The number of pyridine rings is 1. The SMILES string of the molecule is Cc1nc(C)c([C@H](OC(C)(C)C)C(=O)O)c(N2CCC(C)(C)CC2)c1-c1ccc2c(c1)CCN(CC1C[C@H]3C=C[C@@H]1C3)C2. The summed E-state index contributed by atoms with van der Waals surface area (Å²) in [7, 11) is 0. The molecule has 43 heavy (non-hydrogen) atoms. The topological polar surface area (TPSA) is 65.9 Å². The lowest BCUT2D eigenvalue weighted by molar-refractivity contribution is -0.160. The molecule has 0 spiro atoms. The van der Waals surface area contributed by atoms with Gasteiger partial charge in [0, 0.05) is 55.2 Å². The fourth-order valence-corrected chi connectivity index (χ4v) is 8.11. The second kappa shape index (κ2) is 11.3. The van der Waals surface area contributed by atoms with Gasteiger partial charge in [-0.15, -0.1) is 0 Å². The third kappa shape index (κ3) is 6.28. The van der Waals surface area contributed by atoms with Crippen LogP contribution in [0, 0.1) is 37.0 Å². The van der Waals surface area contributed by atoms with Crippen LogP contribution in [0.2, 0.25) is 0 Å². The average molecular weight is 586 g/mol. The van der Waals surface area contributed by atoms with E-state index in [0.717, 1.165) is 91.4 Å². The number of hydrogen-bond donors (Lipinski definition) is 1. The highest BCUT2D eigenvalue weighted by molar-refractivity contribution is 5.88. The number of carboxylic acid groups (broad SMARTS) is 1. The number of carbonyl (C=O) groups is 1. The molecule has 2 aromatic rings. The lowest BCUT2D eigenvalue weighted by atomic mass is 9.81. The van der Waals surface area contributed by atoms with Crippen molar-refractivity contribution in [2.75, 3.05) is 31.1 Å². The van der Waals surface area contributed by atoms with Crippen molar-refractivity contribution in [2.45, 2.75) is 98.8 Å². The van der Waals surface area contributed by atoms with Gasteiger partial charge in [-0.1, -0.05) is 44.2 Å². The number of piperidine rings is 1. The summed E-state index contributed by atoms with van der Waals surface area (Å²) >= 11 is 0. The molecule has 4 aliphatic rings. The van der Waals surface area contributed by atoms with E-state index >= 15 is 0 Å². The minimum atomic E-state index is -1.09. The predicted octanol–water partition coefficient (Wildman–Crippen LogP) is 7.50. The number of aromatic nitrogens is 1. The Morgan fingerprint density at radius 1 is 1.07 bits per heavy atom. The van der Waals surface area contributed by atoms with Crippen molar-refractivity contribution in [3.8, 4) is 11.1 Å². The van der Waals surface area contributed by atoms with Crippen LogP contribution in [-0.4, -0.2) is 52.7 Å². The smallest absolute Gasteiger partial charge is 0.337 e. The molecule has 3 heterocycles. The van der Waals surface area contributed by atoms with E-state index in [1.54, 1.807) is 0 Å². The monoisotopic (exact) mass is 585 g/mol. The summed E-state index contributed by atoms with van der Waals surface area (Å²) < 4.78 is 6.27. The van der Waals surface area contributed by atoms with Gasteiger partial charge in [-0.3, -0.25) is 9.88 Å². The molecule has 0 amide bonds. The van der Waals surface area contributed by atoms with Crippen molar-refractivity contribution < 1.29 is 14.6 Å². The van der Waals surface area contributed by atoms with E-state index in [1.807, 2.05) is 27.7 Å². The minimum absolute atomic E-state index is 0.272. The Bertz CT molecular complexity index is 1410. The van der Waals surface area contributed by atoms with Gasteiger partial charge >= 0.3 is 5.97 Å². The highest BCUT2D eigenvalue weighted by atomic mass is 16.5. The first-order chi connectivity index (χ1) is 20.3. The molecule has 4 atom stereocenters. The standard InChI is InChI=1S/C37H51N3O3/c1-23-31(28-10-11-29-21-39(15-12-27(29)20-28)22-30-19-25-8-9-26(30)18-25)33(40-16-13-37(6,7)14-17-40)32(24(2)38-23)34(35(41)42)43-36(3,4)5/h8-11,20,25-26,30,34H,12-19,21-22H2,1-7H3,(H,41,42)/t25-,26+,30?,34-/m0/s1. The summed E-state index contributed by atoms with van der Waals surface area (Å²) in [6.45, 7) is 19.5. The van der Waals surface area contributed by atoms with Gasteiger partial charge in [-0.05, 0) is 107 Å². The molecule has 232 valence electrons. The number of benzene rings is 1. The van der Waals surface area contributed by atoms with Crippen LogP contribution in [0.1, 0.15) is 94.5 Å². The summed E-state index contributed by atoms with van der Waals surface area (Å²) in [5, 5.41) is 10.5. The molecule has 6 heteroatoms. The molecule has 2 fully saturated rings. The zero-order valence-electron chi connectivity index (χ0n) is 27.4. The number of fused-ring (bicyclic) bond motifs is 3. The second-order valence-electron chi connectivity index (χ2n) is 15.5. The maximum absolute atomic E-state index is 12.8. The molecule has 1 unspecified atom stereocenters. The molecule has 2 bridgehead atoms. The Morgan fingerprint density at radius 3 is 2.44 bits per heavy atom. The van der Waals surface area contributed by atoms with Gasteiger partial charge in [0.2, 0.25) is 0 Å². The van der Waals surface area contributed by atoms with Crippen LogP contribution >= 0.6 is 0 Å². The summed E-state index contributed by atoms with van der Waals surface area (Å²) in [5.74, 6) is 1.45. The number of aryl methyl sites for hydroxylation is 2. The van der Waals surface area contributed by atoms with Crippen molar-refractivity contribution in [2.24, 2.45) is 23.2 Å². The number of carboxylic acids is 1. The van der Waals surface area contributed by atoms with E-state index in [1.165, 1.54) is 30.5 Å². The molecular weight excluding hydrogens is 534 g/mol. The molecule has 1 N–H and O–H groups in total. The molecule has 2 aliphatic heterocycles. The number of ether oxygens (including phenoxy) is 1. The van der Waals surface area contributed by atoms with Crippen molar-refractivity contribution in [3.05, 3.63) is 58.4 Å². The first-order valence-electron chi connectivity index (χ1n) is 16.5. The van der Waals surface area contributed by atoms with Crippen molar-refractivity contribution in [1.29, 1.82) is 0 Å². The van der Waals surface area contributed by atoms with Crippen molar-refractivity contribution in [3.63, 3.8) is 0 Å². The third-order valence-electron chi connectivity index (χ3n) is 10.5. The van der Waals surface area contributed by atoms with Crippen LogP contribution < -0.4 is 4.90 Å². The lowest BCUT2D eigenvalue weighted by Gasteiger charge is -2.41. The largest absolute Gasteiger partial charge is 0.479 e. The summed E-state index contributed by atoms with van der Waals surface area (Å²) in [6, 6.07) is 6.94. The number of nitrogens with zero attached hydrogens (tertiary/aromatic N) is 3. The van der Waals surface area contributed by atoms with Crippen LogP contribution in [0.25, 0.3) is 11.1 Å². The molecule has 1 aromatic heterocycles. The van der Waals surface area contributed by atoms with Gasteiger partial charge in [0.15, 0.2) is 6.10 Å². The van der Waals surface area contributed by atoms with Crippen LogP contribution in [0.15, 0.2) is 30.4 Å². The normalized spacial score (nSPS) is 25.7. The van der Waals surface area contributed by atoms with Gasteiger partial charge in [0.25, 0.3) is 0 Å². The fraction of sp³-hybridized carbons (Fsp3) is 0.622. The minimum Gasteiger partial charge on any atom is -0.479 e. The van der Waals surface area contributed by atoms with Gasteiger partial charge in [-0.25, -0.2) is 4.79 Å². The second-order valence-corrected chi connectivity index (χ2v) is 15.5. The van der Waals surface area contributed by atoms with Gasteiger partial charge in [-0.2, -0.15) is 0 Å². The zero-order valence-corrected chi connectivity index (χ0v) is 27.4. The number of aliphatic carboxylic acids is 1. The van der Waals surface area contributed by atoms with E-state index in [9.17, 15) is 9.90 Å². The Morgan fingerprint density at radius 2 is 1.81 bits per heavy atom. The van der Waals surface area contributed by atoms with Crippen LogP contribution in [0.4, 0.5) is 5.69 Å². The van der Waals surface area contributed by atoms with Crippen LogP contribution in [0.5, 0.6) is 0 Å². The highest BCUT2D eigenvalue weighted by Gasteiger charge is 2.38. The van der Waals surface area contributed by atoms with Gasteiger partial charge < -0.3 is 14.7 Å². The first-order valence-corrected chi connectivity index (χ1v) is 16.5. The zero-order chi connectivity index (χ0) is 30.7. The fourth-order valence-electron chi connectivity index (χ4n) is 8.11. The molecule has 0 radical (unpaired) electrons. The number of allylic oxidation sites excluding steroid dienone is 2. The Labute approximate surface area is 258 Å². The number of anilines is 1. The molecule has 1 saturated heterocycles. The Balaban J connectivity index is 1.37. The number of rotatable bonds is 7. The third-order valence-corrected chi connectivity index (χ3v) is 10.5. The predicted molar refractivity (Wildman–Crippen MR) is 173 cm³/mol. The molecular formula is C37H51N3O3. The van der Waals surface area contributed by atoms with Gasteiger partial charge in [0.1, 0.15) is 0 Å². The average Bonchev–Trinajstić information content (AvgIpc) is 3.54. The first kappa shape index (κ1) is 30.3. The van der Waals surface area contributed by atoms with Crippen LogP contribution in [0.3, 0.4) is 0 Å². The maximum Gasteiger partial charge on any atom is 0.337 e. The molecule has 1 saturated carbocycles. The summed E-state index contributed by atoms with van der Waals surface area (Å²) in [5.41, 5.74) is 8.07. The molecule has 6 nitrogen and oxygen atoms in total. The number of hydrogen-bond acceptors (Lipinski definition) is 5. The van der Waals surface area contributed by atoms with E-state index in [-0.39, 0.29) is 5.41 Å². The van der Waals surface area contributed by atoms with E-state index in [2.05, 4.69) is 60.9 Å². The van der Waals surface area contributed by atoms with E-state index in [4.69, 9.17) is 9.72 Å². The van der Waals surface area contributed by atoms with Crippen molar-refractivity contribution in [1.82, 2.24) is 9.88 Å². The maximum atomic E-state index is 12.8. The molecule has 1 aromatic carbocycles. The summed E-state index contributed by atoms with van der Waals surface area (Å²) in [6.07, 6.45) is 9.70. The molecule has 6 rings (SSSR count). The van der Waals surface area contributed by atoms with E-state index < -0.39 is 17.7 Å². The Hall–Kier alpha value is -2.70. The molecule has 2 aliphatic carbocycles. The van der Waals surface area contributed by atoms with E-state index in [0.29, 0.717) is 5.56 Å². The lowest BCUT2D eigenvalue weighted by Crippen LogP contribution is -2.39. The Kier molecular flexibility index (Phi) is 8.00. The van der Waals surface area contributed by atoms with Gasteiger partial charge in [0.05, 0.1) is 11.3 Å². The van der Waals surface area contributed by atoms with Crippen molar-refractivity contribution >= 4 is 11.7 Å². The summed E-state index contributed by atoms with van der Waals surface area (Å²) in [4.78, 5) is 22.9. The van der Waals surface area contributed by atoms with Crippen LogP contribution in [-0.2, 0) is 22.5 Å².